The Morgan fingerprint density at radius 2 is 1.73 bits per heavy atom. The van der Waals surface area contributed by atoms with Crippen molar-refractivity contribution < 1.29 is 4.74 Å². The molecule has 1 aromatic heterocycles. The molecule has 0 radical (unpaired) electrons. The number of ether oxygens (including phenoxy) is 1. The number of hydrogen-bond acceptors (Lipinski definition) is 4. The number of hydrogen-bond donors (Lipinski definition) is 0. The standard InChI is InChI=1S/C24H20BrN3O2/c1-16-7-3-6-10-22(16)30-15-23-26-21-9-5-4-8-20(21)24(29)28(23)27-17(2)18-11-13-19(25)14-12-18/h3-14H,15H2,1-2H3/b27-17+. The van der Waals surface area contributed by atoms with Crippen LogP contribution in [0.5, 0.6) is 5.75 Å². The van der Waals surface area contributed by atoms with Gasteiger partial charge in [0, 0.05) is 4.47 Å². The average Bonchev–Trinajstić information content (AvgIpc) is 2.76. The molecule has 4 rings (SSSR count). The summed E-state index contributed by atoms with van der Waals surface area (Å²) in [6, 6.07) is 22.8. The molecule has 0 saturated carbocycles. The summed E-state index contributed by atoms with van der Waals surface area (Å²) in [5, 5.41) is 5.12. The largest absolute Gasteiger partial charge is 0.485 e. The molecule has 0 aliphatic rings. The maximum atomic E-state index is 13.2. The summed E-state index contributed by atoms with van der Waals surface area (Å²) in [5.41, 5.74) is 3.05. The molecule has 0 bridgehead atoms. The maximum absolute atomic E-state index is 13.2. The second-order valence-electron chi connectivity index (χ2n) is 6.91. The summed E-state index contributed by atoms with van der Waals surface area (Å²) in [7, 11) is 0. The Hall–Kier alpha value is -3.25. The number of rotatable bonds is 5. The van der Waals surface area contributed by atoms with Crippen LogP contribution in [-0.2, 0) is 6.61 Å². The summed E-state index contributed by atoms with van der Waals surface area (Å²) >= 11 is 3.44. The first-order valence-corrected chi connectivity index (χ1v) is 10.3. The van der Waals surface area contributed by atoms with Gasteiger partial charge in [0.25, 0.3) is 5.56 Å². The number of aryl methyl sites for hydroxylation is 1. The van der Waals surface area contributed by atoms with Gasteiger partial charge in [-0.3, -0.25) is 4.79 Å². The molecule has 6 heteroatoms. The Bertz CT molecular complexity index is 1290. The van der Waals surface area contributed by atoms with E-state index in [0.29, 0.717) is 22.4 Å². The first-order valence-electron chi connectivity index (χ1n) is 9.53. The van der Waals surface area contributed by atoms with Gasteiger partial charge in [-0.1, -0.05) is 58.4 Å². The Morgan fingerprint density at radius 3 is 2.50 bits per heavy atom. The fourth-order valence-corrected chi connectivity index (χ4v) is 3.39. The molecule has 0 saturated heterocycles. The zero-order chi connectivity index (χ0) is 21.1. The summed E-state index contributed by atoms with van der Waals surface area (Å²) < 4.78 is 8.30. The van der Waals surface area contributed by atoms with Crippen LogP contribution in [-0.4, -0.2) is 15.4 Å². The van der Waals surface area contributed by atoms with E-state index in [2.05, 4.69) is 26.0 Å². The van der Waals surface area contributed by atoms with Gasteiger partial charge in [-0.25, -0.2) is 4.98 Å². The van der Waals surface area contributed by atoms with Gasteiger partial charge in [0.15, 0.2) is 5.82 Å². The van der Waals surface area contributed by atoms with Crippen LogP contribution < -0.4 is 10.3 Å². The predicted molar refractivity (Wildman–Crippen MR) is 123 cm³/mol. The molecule has 0 fully saturated rings. The average molecular weight is 462 g/mol. The van der Waals surface area contributed by atoms with Gasteiger partial charge in [-0.2, -0.15) is 9.78 Å². The number of benzene rings is 3. The van der Waals surface area contributed by atoms with Crippen molar-refractivity contribution in [1.82, 2.24) is 9.66 Å². The molecule has 0 amide bonds. The highest BCUT2D eigenvalue weighted by Crippen LogP contribution is 2.18. The van der Waals surface area contributed by atoms with Crippen molar-refractivity contribution in [2.45, 2.75) is 20.5 Å². The maximum Gasteiger partial charge on any atom is 0.282 e. The van der Waals surface area contributed by atoms with Gasteiger partial charge < -0.3 is 4.74 Å². The lowest BCUT2D eigenvalue weighted by molar-refractivity contribution is 0.287. The third-order valence-electron chi connectivity index (χ3n) is 4.78. The van der Waals surface area contributed by atoms with Gasteiger partial charge >= 0.3 is 0 Å². The van der Waals surface area contributed by atoms with E-state index >= 15 is 0 Å². The molecule has 0 aliphatic carbocycles. The number of halogens is 1. The second kappa shape index (κ2) is 8.63. The molecule has 0 aliphatic heterocycles. The van der Waals surface area contributed by atoms with Crippen molar-refractivity contribution in [3.8, 4) is 5.75 Å². The van der Waals surface area contributed by atoms with Crippen LogP contribution in [0.1, 0.15) is 23.9 Å². The molecule has 1 heterocycles. The normalized spacial score (nSPS) is 11.6. The van der Waals surface area contributed by atoms with Crippen LogP contribution in [0, 0.1) is 6.92 Å². The molecule has 5 nitrogen and oxygen atoms in total. The lowest BCUT2D eigenvalue weighted by Crippen LogP contribution is -2.24. The third-order valence-corrected chi connectivity index (χ3v) is 5.31. The Kier molecular flexibility index (Phi) is 5.77. The topological polar surface area (TPSA) is 56.5 Å². The first-order chi connectivity index (χ1) is 14.5. The molecule has 0 unspecified atom stereocenters. The van der Waals surface area contributed by atoms with E-state index in [1.54, 1.807) is 6.07 Å². The van der Waals surface area contributed by atoms with Crippen LogP contribution in [0.3, 0.4) is 0 Å². The van der Waals surface area contributed by atoms with E-state index < -0.39 is 0 Å². The summed E-state index contributed by atoms with van der Waals surface area (Å²) in [5.74, 6) is 1.19. The van der Waals surface area contributed by atoms with Crippen molar-refractivity contribution in [3.63, 3.8) is 0 Å². The van der Waals surface area contributed by atoms with Crippen molar-refractivity contribution in [3.05, 3.63) is 105 Å². The van der Waals surface area contributed by atoms with Crippen molar-refractivity contribution in [2.75, 3.05) is 0 Å². The zero-order valence-corrected chi connectivity index (χ0v) is 18.3. The Morgan fingerprint density at radius 1 is 1.03 bits per heavy atom. The van der Waals surface area contributed by atoms with Crippen molar-refractivity contribution >= 4 is 32.5 Å². The predicted octanol–water partition coefficient (Wildman–Crippen LogP) is 5.32. The monoisotopic (exact) mass is 461 g/mol. The minimum absolute atomic E-state index is 0.127. The second-order valence-corrected chi connectivity index (χ2v) is 7.82. The first kappa shape index (κ1) is 20.0. The minimum atomic E-state index is -0.222. The minimum Gasteiger partial charge on any atom is -0.485 e. The number of fused-ring (bicyclic) bond motifs is 1. The van der Waals surface area contributed by atoms with Crippen LogP contribution in [0.4, 0.5) is 0 Å². The summed E-state index contributed by atoms with van der Waals surface area (Å²) in [6.07, 6.45) is 0. The number of aromatic nitrogens is 2. The SMILES string of the molecule is C/C(=N\n1c(COc2ccccc2C)nc2ccccc2c1=O)c1ccc(Br)cc1. The number of para-hydroxylation sites is 2. The van der Waals surface area contributed by atoms with Crippen LogP contribution >= 0.6 is 15.9 Å². The van der Waals surface area contributed by atoms with E-state index in [9.17, 15) is 4.79 Å². The van der Waals surface area contributed by atoms with Crippen LogP contribution in [0.2, 0.25) is 0 Å². The Balaban J connectivity index is 1.80. The van der Waals surface area contributed by atoms with E-state index in [0.717, 1.165) is 21.3 Å². The van der Waals surface area contributed by atoms with E-state index in [4.69, 9.17) is 4.74 Å². The van der Waals surface area contributed by atoms with Gasteiger partial charge in [-0.15, -0.1) is 0 Å². The van der Waals surface area contributed by atoms with E-state index in [1.165, 1.54) is 4.68 Å². The Labute approximate surface area is 182 Å². The smallest absolute Gasteiger partial charge is 0.282 e. The van der Waals surface area contributed by atoms with Gasteiger partial charge in [0.05, 0.1) is 16.6 Å². The molecular weight excluding hydrogens is 442 g/mol. The number of nitrogens with zero attached hydrogens (tertiary/aromatic N) is 3. The molecule has 0 atom stereocenters. The molecule has 0 spiro atoms. The zero-order valence-electron chi connectivity index (χ0n) is 16.7. The summed E-state index contributed by atoms with van der Waals surface area (Å²) in [6.45, 7) is 3.98. The lowest BCUT2D eigenvalue weighted by Gasteiger charge is -2.13. The fraction of sp³-hybridized carbons (Fsp3) is 0.125. The van der Waals surface area contributed by atoms with Crippen LogP contribution in [0.15, 0.2) is 87.2 Å². The molecule has 0 N–H and O–H groups in total. The van der Waals surface area contributed by atoms with Crippen molar-refractivity contribution in [1.29, 1.82) is 0 Å². The fourth-order valence-electron chi connectivity index (χ4n) is 3.13. The highest BCUT2D eigenvalue weighted by Gasteiger charge is 2.12. The van der Waals surface area contributed by atoms with Gasteiger partial charge in [0.2, 0.25) is 0 Å². The highest BCUT2D eigenvalue weighted by molar-refractivity contribution is 9.10. The van der Waals surface area contributed by atoms with E-state index in [-0.39, 0.29) is 12.2 Å². The summed E-state index contributed by atoms with van der Waals surface area (Å²) in [4.78, 5) is 17.9. The quantitative estimate of drug-likeness (QED) is 0.378. The molecule has 30 heavy (non-hydrogen) atoms. The van der Waals surface area contributed by atoms with Crippen molar-refractivity contribution in [2.24, 2.45) is 5.10 Å². The van der Waals surface area contributed by atoms with Gasteiger partial charge in [-0.05, 0) is 55.3 Å². The molecular formula is C24H20BrN3O2. The molecule has 4 aromatic rings. The van der Waals surface area contributed by atoms with E-state index in [1.807, 2.05) is 80.6 Å². The van der Waals surface area contributed by atoms with Crippen LogP contribution in [0.25, 0.3) is 10.9 Å². The lowest BCUT2D eigenvalue weighted by atomic mass is 10.1. The molecule has 3 aromatic carbocycles. The van der Waals surface area contributed by atoms with Gasteiger partial charge in [0.1, 0.15) is 12.4 Å². The highest BCUT2D eigenvalue weighted by atomic mass is 79.9. The molecule has 150 valence electrons. The third kappa shape index (κ3) is 4.19.